The second-order valence-electron chi connectivity index (χ2n) is 33.4. The molecule has 0 bridgehead atoms. The van der Waals surface area contributed by atoms with E-state index in [-0.39, 0.29) is 28.2 Å². The predicted molar refractivity (Wildman–Crippen MR) is 545 cm³/mol. The van der Waals surface area contributed by atoms with E-state index in [1.807, 2.05) is 72.8 Å². The van der Waals surface area contributed by atoms with Crippen LogP contribution < -0.4 is 83.5 Å². The minimum atomic E-state index is 0. The molecule has 18 heteroatoms. The van der Waals surface area contributed by atoms with Crippen molar-refractivity contribution >= 4 is 34.1 Å². The molecule has 0 N–H and O–H groups in total. The molecule has 0 atom stereocenters. The summed E-state index contributed by atoms with van der Waals surface area (Å²) in [5, 5.41) is 0. The first-order valence-electron chi connectivity index (χ1n) is 46.2. The molecular formula is C114H156F6N6O6. The highest BCUT2D eigenvalue weighted by Gasteiger charge is 2.35. The van der Waals surface area contributed by atoms with Gasteiger partial charge in [-0.05, 0) is 307 Å². The van der Waals surface area contributed by atoms with Crippen molar-refractivity contribution in [3.63, 3.8) is 0 Å². The molecule has 12 aromatic rings. The lowest BCUT2D eigenvalue weighted by Crippen LogP contribution is -3.00. The highest BCUT2D eigenvalue weighted by atomic mass is 19.0. The third kappa shape index (κ3) is 31.5. The van der Waals surface area contributed by atoms with Crippen LogP contribution in [0.3, 0.4) is 0 Å². The highest BCUT2D eigenvalue weighted by molar-refractivity contribution is 5.56. The van der Waals surface area contributed by atoms with Crippen LogP contribution >= 0.6 is 0 Å². The maximum absolute atomic E-state index is 5.25. The fourth-order valence-electron chi connectivity index (χ4n) is 18.3. The van der Waals surface area contributed by atoms with Crippen LogP contribution in [0, 0.1) is 41.5 Å². The number of methoxy groups -OCH3 is 6. The zero-order valence-corrected chi connectivity index (χ0v) is 83.8. The Bertz CT molecular complexity index is 4290. The first-order valence-corrected chi connectivity index (χ1v) is 46.2. The highest BCUT2D eigenvalue weighted by Crippen LogP contribution is 2.37. The third-order valence-corrected chi connectivity index (χ3v) is 26.9. The number of ether oxygens (including phenoxy) is 6. The van der Waals surface area contributed by atoms with Crippen LogP contribution in [-0.2, 0) is 39.3 Å². The summed E-state index contributed by atoms with van der Waals surface area (Å²) >= 11 is 0. The molecule has 132 heavy (non-hydrogen) atoms. The fourth-order valence-corrected chi connectivity index (χ4v) is 18.3. The lowest BCUT2D eigenvalue weighted by Gasteiger charge is -2.37. The van der Waals surface area contributed by atoms with Crippen molar-refractivity contribution in [3.8, 4) is 34.5 Å². The van der Waals surface area contributed by atoms with E-state index in [9.17, 15) is 0 Å². The molecule has 0 saturated heterocycles. The molecule has 0 fully saturated rings. The molecule has 0 aromatic heterocycles. The van der Waals surface area contributed by atoms with Crippen molar-refractivity contribution in [2.24, 2.45) is 0 Å². The Kier molecular flexibility index (Phi) is 53.4. The van der Waals surface area contributed by atoms with Crippen LogP contribution in [0.25, 0.3) is 0 Å². The maximum Gasteiger partial charge on any atom is 0.136 e. The Morgan fingerprint density at radius 2 is 0.250 bits per heavy atom. The van der Waals surface area contributed by atoms with Gasteiger partial charge in [0.25, 0.3) is 0 Å². The Morgan fingerprint density at radius 3 is 0.333 bits per heavy atom. The molecule has 720 valence electrons. The number of nitrogens with zero attached hydrogens (tertiary/aromatic N) is 6. The van der Waals surface area contributed by atoms with Gasteiger partial charge in [0.2, 0.25) is 0 Å². The van der Waals surface area contributed by atoms with Gasteiger partial charge in [0.1, 0.15) is 108 Å². The summed E-state index contributed by atoms with van der Waals surface area (Å²) in [6.45, 7) is 59.8. The van der Waals surface area contributed by atoms with Crippen molar-refractivity contribution in [2.75, 3.05) is 121 Å². The molecule has 0 radical (unpaired) electrons. The summed E-state index contributed by atoms with van der Waals surface area (Å²) in [7, 11) is 10.3. The zero-order chi connectivity index (χ0) is 91.8. The number of aryl methyl sites for hydroxylation is 6. The molecule has 0 saturated carbocycles. The third-order valence-electron chi connectivity index (χ3n) is 26.9. The number of para-hydroxylation sites is 6. The quantitative estimate of drug-likeness (QED) is 0.0289. The molecule has 0 heterocycles. The minimum Gasteiger partial charge on any atom is -1.00 e. The smallest absolute Gasteiger partial charge is 0.136 e. The standard InChI is InChI=1S/6C19H26NO.6FH/c6*1-5-20(6-2,19-10-8-7-9-16(19)3)15-17-11-13-18(21-4)14-12-17;;;;;;/h6*7-14H,5-6,15H2,1-4H3;6*1H/q6*+1;;;;;;/p-6. The van der Waals surface area contributed by atoms with E-state index in [2.05, 4.69) is 343 Å². The Hall–Kier alpha value is -11.2. The summed E-state index contributed by atoms with van der Waals surface area (Å²) in [6.07, 6.45) is 0. The number of halogens is 6. The molecule has 0 aliphatic rings. The number of quaternary nitrogens is 6. The van der Waals surface area contributed by atoms with Gasteiger partial charge in [0.05, 0.1) is 121 Å². The minimum absolute atomic E-state index is 0. The number of rotatable bonds is 36. The Balaban J connectivity index is 0.000000785. The number of benzene rings is 12. The number of hydrogen-bond acceptors (Lipinski definition) is 6. The summed E-state index contributed by atoms with van der Waals surface area (Å²) in [4.78, 5) is 0. The number of hydrogen-bond donors (Lipinski definition) is 0. The molecule has 0 aliphatic carbocycles. The second kappa shape index (κ2) is 59.3. The van der Waals surface area contributed by atoms with E-state index in [1.165, 1.54) is 101 Å². The van der Waals surface area contributed by atoms with E-state index < -0.39 is 0 Å². The van der Waals surface area contributed by atoms with Crippen LogP contribution in [0.15, 0.2) is 291 Å². The molecular weight excluding hydrogens is 1660 g/mol. The van der Waals surface area contributed by atoms with E-state index in [0.29, 0.717) is 0 Å². The van der Waals surface area contributed by atoms with Gasteiger partial charge >= 0.3 is 0 Å². The second-order valence-corrected chi connectivity index (χ2v) is 33.4. The molecule has 0 unspecified atom stereocenters. The lowest BCUT2D eigenvalue weighted by molar-refractivity contribution is -0.00100. The van der Waals surface area contributed by atoms with E-state index in [1.54, 1.807) is 42.7 Å². The van der Waals surface area contributed by atoms with Crippen LogP contribution in [0.2, 0.25) is 0 Å². The lowest BCUT2D eigenvalue weighted by atomic mass is 10.1. The summed E-state index contributed by atoms with van der Waals surface area (Å²) in [5.41, 5.74) is 24.9. The van der Waals surface area contributed by atoms with Gasteiger partial charge < -0.3 is 56.6 Å². The van der Waals surface area contributed by atoms with Crippen molar-refractivity contribution < 1.29 is 56.6 Å². The van der Waals surface area contributed by atoms with Gasteiger partial charge in [-0.15, -0.1) is 0 Å². The van der Waals surface area contributed by atoms with Gasteiger partial charge in [0.15, 0.2) is 0 Å². The van der Waals surface area contributed by atoms with Crippen LogP contribution in [0.1, 0.15) is 150 Å². The van der Waals surface area contributed by atoms with Gasteiger partial charge in [-0.3, -0.25) is 26.9 Å². The van der Waals surface area contributed by atoms with Crippen molar-refractivity contribution in [1.82, 2.24) is 26.9 Å². The first kappa shape index (κ1) is 119. The van der Waals surface area contributed by atoms with Gasteiger partial charge in [-0.1, -0.05) is 109 Å². The molecule has 0 aliphatic heterocycles. The SMILES string of the molecule is CC[N+](CC)(Cc1ccc(OC)cc1)c1ccccc1C.CC[N+](CC)(Cc1ccc(OC)cc1)c1ccccc1C.CC[N+](CC)(Cc1ccc(OC)cc1)c1ccccc1C.CC[N+](CC)(Cc1ccc(OC)cc1)c1ccccc1C.CC[N+](CC)(Cc1ccc(OC)cc1)c1ccccc1C.CC[N+](CC)(Cc1ccc(OC)cc1)c1ccccc1C.[F-].[F-].[F-].[F-].[F-].[F-]. The summed E-state index contributed by atoms with van der Waals surface area (Å²) in [5.74, 6) is 5.50. The topological polar surface area (TPSA) is 55.4 Å². The summed E-state index contributed by atoms with van der Waals surface area (Å²) < 4.78 is 37.4. The maximum atomic E-state index is 5.25. The van der Waals surface area contributed by atoms with E-state index in [4.69, 9.17) is 28.4 Å². The summed E-state index contributed by atoms with van der Waals surface area (Å²) in [6, 6.07) is 103. The van der Waals surface area contributed by atoms with Gasteiger partial charge in [0, 0.05) is 66.8 Å². The molecule has 12 nitrogen and oxygen atoms in total. The predicted octanol–water partition coefficient (Wildman–Crippen LogP) is 9.33. The monoisotopic (exact) mass is 1820 g/mol. The molecule has 0 spiro atoms. The fraction of sp³-hybridized carbons (Fsp3) is 0.368. The van der Waals surface area contributed by atoms with Gasteiger partial charge in [-0.2, -0.15) is 0 Å². The van der Waals surface area contributed by atoms with Crippen molar-refractivity contribution in [3.05, 3.63) is 358 Å². The van der Waals surface area contributed by atoms with Crippen molar-refractivity contribution in [2.45, 2.75) is 164 Å². The van der Waals surface area contributed by atoms with Crippen LogP contribution in [0.4, 0.5) is 34.1 Å². The van der Waals surface area contributed by atoms with Gasteiger partial charge in [-0.25, -0.2) is 0 Å². The zero-order valence-electron chi connectivity index (χ0n) is 83.8. The average molecular weight is 1820 g/mol. The van der Waals surface area contributed by atoms with Crippen LogP contribution in [0.5, 0.6) is 34.5 Å². The van der Waals surface area contributed by atoms with E-state index in [0.717, 1.165) is 179 Å². The van der Waals surface area contributed by atoms with E-state index >= 15 is 0 Å². The molecule has 12 rings (SSSR count). The van der Waals surface area contributed by atoms with Crippen LogP contribution in [-0.4, -0.2) is 121 Å². The Labute approximate surface area is 790 Å². The van der Waals surface area contributed by atoms with Crippen molar-refractivity contribution in [1.29, 1.82) is 0 Å². The Morgan fingerprint density at radius 1 is 0.152 bits per heavy atom. The molecule has 0 amide bonds. The molecule has 12 aromatic carbocycles. The normalized spacial score (nSPS) is 10.9. The first-order chi connectivity index (χ1) is 60.9. The largest absolute Gasteiger partial charge is 1.00 e. The average Bonchev–Trinajstić information content (AvgIpc) is 0.824.